The minimum Gasteiger partial charge on any atom is -0.491 e. The Morgan fingerprint density at radius 3 is 2.56 bits per heavy atom. The van der Waals surface area contributed by atoms with E-state index in [0.29, 0.717) is 22.7 Å². The number of amides is 1. The van der Waals surface area contributed by atoms with Crippen LogP contribution in [0.4, 0.5) is 11.4 Å². The van der Waals surface area contributed by atoms with Gasteiger partial charge in [-0.3, -0.25) is 4.79 Å². The van der Waals surface area contributed by atoms with Gasteiger partial charge in [-0.2, -0.15) is 0 Å². The predicted octanol–water partition coefficient (Wildman–Crippen LogP) is 1.88. The Kier molecular flexibility index (Phi) is 7.81. The first kappa shape index (κ1) is 20.4. The van der Waals surface area contributed by atoms with Crippen LogP contribution in [0, 0.1) is 0 Å². The van der Waals surface area contributed by atoms with Gasteiger partial charge in [0.15, 0.2) is 0 Å². The van der Waals surface area contributed by atoms with Gasteiger partial charge in [-0.1, -0.05) is 24.3 Å². The molecule has 2 aromatic carbocycles. The summed E-state index contributed by atoms with van der Waals surface area (Å²) in [6, 6.07) is 13.7. The molecule has 0 radical (unpaired) electrons. The number of para-hydroxylation sites is 2. The van der Waals surface area contributed by atoms with Gasteiger partial charge in [-0.05, 0) is 35.9 Å². The van der Waals surface area contributed by atoms with Gasteiger partial charge >= 0.3 is 0 Å². The third-order valence-electron chi connectivity index (χ3n) is 3.82. The Balaban J connectivity index is 1.99. The number of anilines is 2. The van der Waals surface area contributed by atoms with Crippen LogP contribution in [0.5, 0.6) is 5.75 Å². The minimum absolute atomic E-state index is 0.0718. The third kappa shape index (κ3) is 6.10. The van der Waals surface area contributed by atoms with E-state index >= 15 is 0 Å². The summed E-state index contributed by atoms with van der Waals surface area (Å²) >= 11 is 0. The molecule has 7 nitrogen and oxygen atoms in total. The van der Waals surface area contributed by atoms with Crippen LogP contribution in [0.15, 0.2) is 60.7 Å². The highest BCUT2D eigenvalue weighted by atomic mass is 16.5. The fourth-order valence-electron chi connectivity index (χ4n) is 2.39. The first-order chi connectivity index (χ1) is 13.0. The van der Waals surface area contributed by atoms with Crippen LogP contribution in [0.3, 0.4) is 0 Å². The van der Waals surface area contributed by atoms with E-state index in [2.05, 4.69) is 5.32 Å². The van der Waals surface area contributed by atoms with Crippen molar-refractivity contribution in [3.05, 3.63) is 66.2 Å². The minimum atomic E-state index is -0.965. The van der Waals surface area contributed by atoms with E-state index < -0.39 is 12.2 Å². The number of hydrogen-bond donors (Lipinski definition) is 4. The monoisotopic (exact) mass is 372 g/mol. The summed E-state index contributed by atoms with van der Waals surface area (Å²) < 4.78 is 10.6. The van der Waals surface area contributed by atoms with E-state index in [9.17, 15) is 9.90 Å². The number of benzene rings is 2. The normalized spacial score (nSPS) is 13.3. The second kappa shape index (κ2) is 10.3. The summed E-state index contributed by atoms with van der Waals surface area (Å²) in [5.74, 6) is 0.208. The molecule has 0 bridgehead atoms. The molecule has 0 aliphatic carbocycles. The molecule has 0 aliphatic heterocycles. The standard InChI is InChI=1S/C20H24N2O5/c1-26-18(10-11-19(24)22-17-5-3-2-4-16(17)21)20(25)14-6-8-15(9-7-14)27-13-12-23/h2-11,18,20,23,25H,12-13,21H2,1H3,(H,22,24)/b11-10+/t18-,20-/m0/s1. The second-order valence-electron chi connectivity index (χ2n) is 5.72. The number of ether oxygens (including phenoxy) is 2. The summed E-state index contributed by atoms with van der Waals surface area (Å²) in [5, 5.41) is 21.9. The first-order valence-electron chi connectivity index (χ1n) is 8.43. The van der Waals surface area contributed by atoms with Crippen molar-refractivity contribution in [2.75, 3.05) is 31.4 Å². The van der Waals surface area contributed by atoms with Gasteiger partial charge in [0.2, 0.25) is 5.91 Å². The molecule has 7 heteroatoms. The van der Waals surface area contributed by atoms with Gasteiger partial charge in [0, 0.05) is 13.2 Å². The highest BCUT2D eigenvalue weighted by Crippen LogP contribution is 2.23. The molecule has 0 aromatic heterocycles. The maximum absolute atomic E-state index is 12.1. The number of nitrogens with two attached hydrogens (primary N) is 1. The Morgan fingerprint density at radius 2 is 1.93 bits per heavy atom. The van der Waals surface area contributed by atoms with Gasteiger partial charge in [-0.25, -0.2) is 0 Å². The van der Waals surface area contributed by atoms with Crippen LogP contribution in [-0.4, -0.2) is 42.5 Å². The van der Waals surface area contributed by atoms with Crippen LogP contribution >= 0.6 is 0 Å². The Labute approximate surface area is 158 Å². The molecular formula is C20H24N2O5. The zero-order valence-electron chi connectivity index (χ0n) is 15.0. The predicted molar refractivity (Wildman–Crippen MR) is 103 cm³/mol. The number of aliphatic hydroxyl groups is 2. The summed E-state index contributed by atoms with van der Waals surface area (Å²) in [7, 11) is 1.45. The molecule has 0 saturated carbocycles. The van der Waals surface area contributed by atoms with Crippen LogP contribution in [0.25, 0.3) is 0 Å². The van der Waals surface area contributed by atoms with Gasteiger partial charge in [0.25, 0.3) is 0 Å². The molecule has 0 heterocycles. The fraction of sp³-hybridized carbons (Fsp3) is 0.250. The average molecular weight is 372 g/mol. The fourth-order valence-corrected chi connectivity index (χ4v) is 2.39. The Hall–Kier alpha value is -2.87. The van der Waals surface area contributed by atoms with Crippen molar-refractivity contribution < 1.29 is 24.5 Å². The molecule has 1 amide bonds. The number of carbonyl (C=O) groups is 1. The number of hydrogen-bond acceptors (Lipinski definition) is 6. The first-order valence-corrected chi connectivity index (χ1v) is 8.43. The second-order valence-corrected chi connectivity index (χ2v) is 5.72. The highest BCUT2D eigenvalue weighted by Gasteiger charge is 2.18. The molecule has 2 rings (SSSR count). The van der Waals surface area contributed by atoms with E-state index in [1.54, 1.807) is 48.5 Å². The lowest BCUT2D eigenvalue weighted by Gasteiger charge is -2.19. The largest absolute Gasteiger partial charge is 0.491 e. The number of rotatable bonds is 9. The van der Waals surface area contributed by atoms with Crippen molar-refractivity contribution in [1.29, 1.82) is 0 Å². The van der Waals surface area contributed by atoms with E-state index in [0.717, 1.165) is 0 Å². The molecule has 144 valence electrons. The van der Waals surface area contributed by atoms with Crippen molar-refractivity contribution in [1.82, 2.24) is 0 Å². The summed E-state index contributed by atoms with van der Waals surface area (Å²) in [6.45, 7) is 0.129. The average Bonchev–Trinajstić information content (AvgIpc) is 2.69. The SMILES string of the molecule is CO[C@@H](/C=C/C(=O)Nc1ccccc1N)[C@@H](O)c1ccc(OCCO)cc1. The molecule has 0 unspecified atom stereocenters. The van der Waals surface area contributed by atoms with E-state index in [1.165, 1.54) is 19.3 Å². The van der Waals surface area contributed by atoms with E-state index in [1.807, 2.05) is 0 Å². The highest BCUT2D eigenvalue weighted by molar-refractivity contribution is 6.01. The molecule has 2 aromatic rings. The van der Waals surface area contributed by atoms with Crippen LogP contribution in [0.1, 0.15) is 11.7 Å². The van der Waals surface area contributed by atoms with Crippen LogP contribution < -0.4 is 15.8 Å². The van der Waals surface area contributed by atoms with Crippen LogP contribution in [0.2, 0.25) is 0 Å². The summed E-state index contributed by atoms with van der Waals surface area (Å²) in [4.78, 5) is 12.1. The zero-order valence-corrected chi connectivity index (χ0v) is 15.0. The number of aliphatic hydroxyl groups excluding tert-OH is 2. The van der Waals surface area contributed by atoms with Crippen molar-refractivity contribution in [3.8, 4) is 5.75 Å². The van der Waals surface area contributed by atoms with E-state index in [4.69, 9.17) is 20.3 Å². The molecule has 0 aliphatic rings. The molecule has 0 fully saturated rings. The van der Waals surface area contributed by atoms with Crippen molar-refractivity contribution in [3.63, 3.8) is 0 Å². The molecular weight excluding hydrogens is 348 g/mol. The van der Waals surface area contributed by atoms with Crippen LogP contribution in [-0.2, 0) is 9.53 Å². The summed E-state index contributed by atoms with van der Waals surface area (Å²) in [5.41, 5.74) is 7.38. The molecule has 0 saturated heterocycles. The lowest BCUT2D eigenvalue weighted by atomic mass is 10.0. The van der Waals surface area contributed by atoms with Gasteiger partial charge in [0.1, 0.15) is 24.6 Å². The van der Waals surface area contributed by atoms with Crippen molar-refractivity contribution in [2.24, 2.45) is 0 Å². The van der Waals surface area contributed by atoms with Gasteiger partial charge < -0.3 is 30.7 Å². The van der Waals surface area contributed by atoms with Crippen molar-refractivity contribution >= 4 is 17.3 Å². The lowest BCUT2D eigenvalue weighted by Crippen LogP contribution is -2.19. The Morgan fingerprint density at radius 1 is 1.22 bits per heavy atom. The number of carbonyl (C=O) groups excluding carboxylic acids is 1. The number of nitrogens with one attached hydrogen (secondary N) is 1. The molecule has 5 N–H and O–H groups in total. The quantitative estimate of drug-likeness (QED) is 0.395. The van der Waals surface area contributed by atoms with E-state index in [-0.39, 0.29) is 19.1 Å². The smallest absolute Gasteiger partial charge is 0.248 e. The van der Waals surface area contributed by atoms with Gasteiger partial charge in [-0.15, -0.1) is 0 Å². The number of nitrogen functional groups attached to an aromatic ring is 1. The Bertz CT molecular complexity index is 761. The molecule has 0 spiro atoms. The lowest BCUT2D eigenvalue weighted by molar-refractivity contribution is -0.112. The number of methoxy groups -OCH3 is 1. The topological polar surface area (TPSA) is 114 Å². The van der Waals surface area contributed by atoms with Crippen molar-refractivity contribution in [2.45, 2.75) is 12.2 Å². The maximum Gasteiger partial charge on any atom is 0.248 e. The zero-order chi connectivity index (χ0) is 19.6. The third-order valence-corrected chi connectivity index (χ3v) is 3.82. The molecule has 2 atom stereocenters. The van der Waals surface area contributed by atoms with Gasteiger partial charge in [0.05, 0.1) is 18.0 Å². The molecule has 27 heavy (non-hydrogen) atoms. The maximum atomic E-state index is 12.1. The summed E-state index contributed by atoms with van der Waals surface area (Å²) in [6.07, 6.45) is 1.10.